The van der Waals surface area contributed by atoms with Gasteiger partial charge in [0.1, 0.15) is 10.3 Å². The van der Waals surface area contributed by atoms with Gasteiger partial charge >= 0.3 is 0 Å². The predicted octanol–water partition coefficient (Wildman–Crippen LogP) is 4.28. The molecule has 9 heteroatoms. The van der Waals surface area contributed by atoms with E-state index in [2.05, 4.69) is 20.3 Å². The molecule has 0 saturated carbocycles. The summed E-state index contributed by atoms with van der Waals surface area (Å²) in [6.45, 7) is 0. The van der Waals surface area contributed by atoms with Gasteiger partial charge in [-0.15, -0.1) is 21.5 Å². The molecular weight excluding hydrogens is 349 g/mol. The number of pyridine rings is 1. The predicted molar refractivity (Wildman–Crippen MR) is 85.2 cm³/mol. The quantitative estimate of drug-likeness (QED) is 0.504. The molecule has 0 unspecified atom stereocenters. The largest absolute Gasteiger partial charge is 0.235 e. The van der Waals surface area contributed by atoms with Crippen LogP contribution in [0, 0.1) is 0 Å². The van der Waals surface area contributed by atoms with Gasteiger partial charge < -0.3 is 0 Å². The summed E-state index contributed by atoms with van der Waals surface area (Å²) < 4.78 is 1.72. The third-order valence-electron chi connectivity index (χ3n) is 2.78. The minimum Gasteiger partial charge on any atom is -0.224 e. The van der Waals surface area contributed by atoms with E-state index in [9.17, 15) is 0 Å². The first-order valence-electron chi connectivity index (χ1n) is 5.81. The van der Waals surface area contributed by atoms with Crippen LogP contribution in [0.2, 0.25) is 10.3 Å². The maximum Gasteiger partial charge on any atom is 0.235 e. The summed E-state index contributed by atoms with van der Waals surface area (Å²) in [7, 11) is 0. The highest BCUT2D eigenvalue weighted by atomic mass is 35.5. The minimum absolute atomic E-state index is 0.324. The van der Waals surface area contributed by atoms with E-state index in [1.54, 1.807) is 28.0 Å². The first kappa shape index (κ1) is 13.1. The topological polar surface area (TPSA) is 56.0 Å². The number of hydrogen-bond acceptors (Lipinski definition) is 6. The summed E-state index contributed by atoms with van der Waals surface area (Å²) in [5.74, 6) is 0.723. The molecule has 0 amide bonds. The van der Waals surface area contributed by atoms with Crippen LogP contribution in [0.1, 0.15) is 0 Å². The average molecular weight is 354 g/mol. The number of halogens is 2. The number of fused-ring (bicyclic) bond motifs is 1. The summed E-state index contributed by atoms with van der Waals surface area (Å²) in [5, 5.41) is 16.3. The number of nitrogens with zero attached hydrogens (tertiary/aromatic N) is 5. The molecule has 0 bridgehead atoms. The van der Waals surface area contributed by atoms with Crippen molar-refractivity contribution in [2.24, 2.45) is 0 Å². The van der Waals surface area contributed by atoms with Gasteiger partial charge in [0.25, 0.3) is 0 Å². The van der Waals surface area contributed by atoms with Crippen LogP contribution in [0.4, 0.5) is 0 Å². The molecule has 0 aromatic carbocycles. The van der Waals surface area contributed by atoms with Crippen molar-refractivity contribution in [3.05, 3.63) is 40.0 Å². The Balaban J connectivity index is 1.88. The van der Waals surface area contributed by atoms with E-state index >= 15 is 0 Å². The second-order valence-electron chi connectivity index (χ2n) is 4.07. The Morgan fingerprint density at radius 3 is 2.76 bits per heavy atom. The lowest BCUT2D eigenvalue weighted by molar-refractivity contribution is 0.973. The second-order valence-corrected chi connectivity index (χ2v) is 6.72. The molecule has 104 valence electrons. The molecule has 0 spiro atoms. The molecular formula is C12H5Cl2N5S2. The Morgan fingerprint density at radius 2 is 2.00 bits per heavy atom. The molecule has 0 N–H and O–H groups in total. The number of aromatic nitrogens is 5. The van der Waals surface area contributed by atoms with Gasteiger partial charge in [0.2, 0.25) is 4.96 Å². The first-order chi connectivity index (χ1) is 10.2. The average Bonchev–Trinajstić information content (AvgIpc) is 3.13. The Hall–Kier alpha value is -1.54. The van der Waals surface area contributed by atoms with Crippen molar-refractivity contribution in [2.45, 2.75) is 0 Å². The minimum atomic E-state index is 0.324. The Labute approximate surface area is 136 Å². The van der Waals surface area contributed by atoms with E-state index in [0.717, 1.165) is 21.3 Å². The van der Waals surface area contributed by atoms with Gasteiger partial charge in [-0.2, -0.15) is 9.61 Å². The fourth-order valence-electron chi connectivity index (χ4n) is 1.86. The Morgan fingerprint density at radius 1 is 1.10 bits per heavy atom. The first-order valence-corrected chi connectivity index (χ1v) is 8.26. The van der Waals surface area contributed by atoms with Gasteiger partial charge in [0.05, 0.1) is 4.88 Å². The van der Waals surface area contributed by atoms with Gasteiger partial charge in [-0.1, -0.05) is 40.6 Å². The maximum absolute atomic E-state index is 6.13. The standard InChI is InChI=1S/C12H5Cl2N5S2/c13-8-4-3-6(9(14)15-8)11-18-19-10(7-2-1-5-20-7)16-17-12(19)21-11/h1-5H. The van der Waals surface area contributed by atoms with Crippen molar-refractivity contribution in [3.8, 4) is 21.3 Å². The molecule has 0 atom stereocenters. The third-order valence-corrected chi connectivity index (χ3v) is 5.07. The maximum atomic E-state index is 6.13. The Bertz CT molecular complexity index is 929. The van der Waals surface area contributed by atoms with E-state index < -0.39 is 0 Å². The molecule has 4 rings (SSSR count). The van der Waals surface area contributed by atoms with Crippen LogP contribution in [-0.2, 0) is 0 Å². The summed E-state index contributed by atoms with van der Waals surface area (Å²) >= 11 is 14.9. The van der Waals surface area contributed by atoms with E-state index in [0.29, 0.717) is 15.3 Å². The zero-order valence-corrected chi connectivity index (χ0v) is 13.3. The third kappa shape index (κ3) is 2.22. The summed E-state index contributed by atoms with van der Waals surface area (Å²) in [5.41, 5.74) is 0.730. The SMILES string of the molecule is Clc1ccc(-c2nn3c(-c4cccs4)nnc3s2)c(Cl)n1. The van der Waals surface area contributed by atoms with Crippen LogP contribution < -0.4 is 0 Å². The van der Waals surface area contributed by atoms with E-state index in [1.807, 2.05) is 17.5 Å². The molecule has 0 aliphatic rings. The van der Waals surface area contributed by atoms with Crippen LogP contribution in [0.5, 0.6) is 0 Å². The smallest absolute Gasteiger partial charge is 0.224 e. The van der Waals surface area contributed by atoms with Gasteiger partial charge in [-0.25, -0.2) is 4.98 Å². The highest BCUT2D eigenvalue weighted by Crippen LogP contribution is 2.33. The number of hydrogen-bond donors (Lipinski definition) is 0. The van der Waals surface area contributed by atoms with Crippen LogP contribution in [0.3, 0.4) is 0 Å². The molecule has 21 heavy (non-hydrogen) atoms. The fraction of sp³-hybridized carbons (Fsp3) is 0. The second kappa shape index (κ2) is 5.03. The molecule has 4 aromatic heterocycles. The van der Waals surface area contributed by atoms with E-state index in [1.165, 1.54) is 11.3 Å². The van der Waals surface area contributed by atoms with E-state index in [4.69, 9.17) is 23.2 Å². The van der Waals surface area contributed by atoms with Crippen LogP contribution in [0.15, 0.2) is 29.6 Å². The van der Waals surface area contributed by atoms with Gasteiger partial charge in [-0.3, -0.25) is 0 Å². The van der Waals surface area contributed by atoms with Crippen molar-refractivity contribution < 1.29 is 0 Å². The lowest BCUT2D eigenvalue weighted by Crippen LogP contribution is -1.90. The molecule has 0 aliphatic heterocycles. The van der Waals surface area contributed by atoms with Gasteiger partial charge in [0, 0.05) is 5.56 Å². The van der Waals surface area contributed by atoms with Crippen molar-refractivity contribution in [1.82, 2.24) is 24.8 Å². The molecule has 4 aromatic rings. The lowest BCUT2D eigenvalue weighted by atomic mass is 10.3. The van der Waals surface area contributed by atoms with E-state index in [-0.39, 0.29) is 0 Å². The molecule has 4 heterocycles. The lowest BCUT2D eigenvalue weighted by Gasteiger charge is -1.98. The van der Waals surface area contributed by atoms with Crippen LogP contribution in [0.25, 0.3) is 26.2 Å². The summed E-state index contributed by atoms with van der Waals surface area (Å²) in [4.78, 5) is 5.75. The van der Waals surface area contributed by atoms with Gasteiger partial charge in [0.15, 0.2) is 10.8 Å². The fourth-order valence-corrected chi connectivity index (χ4v) is 3.91. The van der Waals surface area contributed by atoms with Crippen LogP contribution >= 0.6 is 45.9 Å². The zero-order chi connectivity index (χ0) is 14.4. The van der Waals surface area contributed by atoms with Crippen LogP contribution in [-0.4, -0.2) is 24.8 Å². The summed E-state index contributed by atoms with van der Waals surface area (Å²) in [6.07, 6.45) is 0. The molecule has 0 fully saturated rings. The Kier molecular flexibility index (Phi) is 3.15. The monoisotopic (exact) mass is 353 g/mol. The normalized spacial score (nSPS) is 11.3. The zero-order valence-electron chi connectivity index (χ0n) is 10.2. The highest BCUT2D eigenvalue weighted by molar-refractivity contribution is 7.20. The van der Waals surface area contributed by atoms with Crippen molar-refractivity contribution >= 4 is 50.8 Å². The van der Waals surface area contributed by atoms with Crippen molar-refractivity contribution in [2.75, 3.05) is 0 Å². The molecule has 5 nitrogen and oxygen atoms in total. The highest BCUT2D eigenvalue weighted by Gasteiger charge is 2.17. The number of thiophene rings is 1. The molecule has 0 aliphatic carbocycles. The molecule has 0 saturated heterocycles. The van der Waals surface area contributed by atoms with Crippen molar-refractivity contribution in [3.63, 3.8) is 0 Å². The number of rotatable bonds is 2. The van der Waals surface area contributed by atoms with Crippen molar-refractivity contribution in [1.29, 1.82) is 0 Å². The van der Waals surface area contributed by atoms with Gasteiger partial charge in [-0.05, 0) is 23.6 Å². The molecule has 0 radical (unpaired) electrons. The summed E-state index contributed by atoms with van der Waals surface area (Å²) in [6, 6.07) is 7.44.